The molecule has 0 unspecified atom stereocenters. The molecule has 1 saturated carbocycles. The molecule has 0 bridgehead atoms. The van der Waals surface area contributed by atoms with Crippen LogP contribution in [0.2, 0.25) is 0 Å². The molecule has 0 radical (unpaired) electrons. The van der Waals surface area contributed by atoms with Gasteiger partial charge in [-0.25, -0.2) is 13.1 Å². The standard InChI is InChI=1S/C23H23N3O5S2/c1-15-2-4-16(5-3-15)14-20-22(28)26(23(29)32-20)13-12-24-21(27)17-6-10-19(11-7-17)33(30,31)25-18-8-9-18/h2-7,10-11,14,18,25H,8-9,12-13H2,1H3,(H,24,27)/b20-14-. The molecule has 1 saturated heterocycles. The lowest BCUT2D eigenvalue weighted by molar-refractivity contribution is -0.122. The van der Waals surface area contributed by atoms with E-state index in [4.69, 9.17) is 0 Å². The van der Waals surface area contributed by atoms with Crippen molar-refractivity contribution in [1.82, 2.24) is 14.9 Å². The van der Waals surface area contributed by atoms with Gasteiger partial charge in [-0.05, 0) is 67.4 Å². The van der Waals surface area contributed by atoms with Crippen LogP contribution in [0.1, 0.15) is 34.3 Å². The van der Waals surface area contributed by atoms with Gasteiger partial charge in [-0.1, -0.05) is 29.8 Å². The van der Waals surface area contributed by atoms with Gasteiger partial charge in [-0.3, -0.25) is 19.3 Å². The average molecular weight is 486 g/mol. The van der Waals surface area contributed by atoms with Crippen molar-refractivity contribution in [3.63, 3.8) is 0 Å². The smallest absolute Gasteiger partial charge is 0.293 e. The fraction of sp³-hybridized carbons (Fsp3) is 0.261. The third-order valence-electron chi connectivity index (χ3n) is 5.20. The van der Waals surface area contributed by atoms with E-state index < -0.39 is 21.8 Å². The number of imide groups is 1. The maximum absolute atomic E-state index is 12.6. The zero-order valence-corrected chi connectivity index (χ0v) is 19.5. The second-order valence-corrected chi connectivity index (χ2v) is 10.6. The zero-order valence-electron chi connectivity index (χ0n) is 17.9. The van der Waals surface area contributed by atoms with Gasteiger partial charge < -0.3 is 5.32 Å². The normalized spacial score (nSPS) is 17.6. The summed E-state index contributed by atoms with van der Waals surface area (Å²) in [6, 6.07) is 13.2. The highest BCUT2D eigenvalue weighted by molar-refractivity contribution is 8.18. The van der Waals surface area contributed by atoms with E-state index in [1.807, 2.05) is 31.2 Å². The summed E-state index contributed by atoms with van der Waals surface area (Å²) >= 11 is 0.871. The molecule has 8 nitrogen and oxygen atoms in total. The summed E-state index contributed by atoms with van der Waals surface area (Å²) in [5, 5.41) is 2.28. The molecule has 0 atom stereocenters. The Morgan fingerprint density at radius 1 is 1.09 bits per heavy atom. The van der Waals surface area contributed by atoms with Crippen molar-refractivity contribution >= 4 is 44.9 Å². The van der Waals surface area contributed by atoms with Crippen LogP contribution in [0.15, 0.2) is 58.3 Å². The van der Waals surface area contributed by atoms with Gasteiger partial charge in [0.15, 0.2) is 0 Å². The topological polar surface area (TPSA) is 113 Å². The molecular weight excluding hydrogens is 462 g/mol. The highest BCUT2D eigenvalue weighted by Crippen LogP contribution is 2.32. The van der Waals surface area contributed by atoms with Crippen molar-refractivity contribution in [3.05, 3.63) is 70.1 Å². The number of hydrogen-bond acceptors (Lipinski definition) is 6. The number of thioether (sulfide) groups is 1. The van der Waals surface area contributed by atoms with E-state index in [0.717, 1.165) is 40.6 Å². The molecule has 1 aliphatic carbocycles. The first kappa shape index (κ1) is 23.2. The van der Waals surface area contributed by atoms with Gasteiger partial charge in [-0.15, -0.1) is 0 Å². The van der Waals surface area contributed by atoms with E-state index in [2.05, 4.69) is 10.0 Å². The first-order valence-electron chi connectivity index (χ1n) is 10.5. The fourth-order valence-corrected chi connectivity index (χ4v) is 5.33. The van der Waals surface area contributed by atoms with Gasteiger partial charge >= 0.3 is 0 Å². The molecule has 172 valence electrons. The van der Waals surface area contributed by atoms with Crippen LogP contribution in [0, 0.1) is 6.92 Å². The molecular formula is C23H23N3O5S2. The monoisotopic (exact) mass is 485 g/mol. The number of amides is 3. The summed E-state index contributed by atoms with van der Waals surface area (Å²) in [6.45, 7) is 2.09. The van der Waals surface area contributed by atoms with E-state index in [9.17, 15) is 22.8 Å². The Morgan fingerprint density at radius 2 is 1.76 bits per heavy atom. The van der Waals surface area contributed by atoms with Crippen molar-refractivity contribution in [3.8, 4) is 0 Å². The molecule has 33 heavy (non-hydrogen) atoms. The van der Waals surface area contributed by atoms with E-state index in [1.54, 1.807) is 6.08 Å². The Morgan fingerprint density at radius 3 is 2.39 bits per heavy atom. The number of aryl methyl sites for hydroxylation is 1. The predicted molar refractivity (Wildman–Crippen MR) is 126 cm³/mol. The fourth-order valence-electron chi connectivity index (χ4n) is 3.16. The van der Waals surface area contributed by atoms with Crippen molar-refractivity contribution < 1.29 is 22.8 Å². The number of carbonyl (C=O) groups excluding carboxylic acids is 3. The summed E-state index contributed by atoms with van der Waals surface area (Å²) < 4.78 is 27.0. The van der Waals surface area contributed by atoms with Gasteiger partial charge in [0.05, 0.1) is 9.80 Å². The van der Waals surface area contributed by atoms with E-state index in [1.165, 1.54) is 24.3 Å². The lowest BCUT2D eigenvalue weighted by Crippen LogP contribution is -2.37. The number of nitrogens with zero attached hydrogens (tertiary/aromatic N) is 1. The van der Waals surface area contributed by atoms with Crippen LogP contribution < -0.4 is 10.0 Å². The first-order chi connectivity index (χ1) is 15.7. The molecule has 0 spiro atoms. The largest absolute Gasteiger partial charge is 0.350 e. The highest BCUT2D eigenvalue weighted by atomic mass is 32.2. The third kappa shape index (κ3) is 5.70. The first-order valence-corrected chi connectivity index (χ1v) is 12.8. The van der Waals surface area contributed by atoms with Crippen LogP contribution in [0.25, 0.3) is 6.08 Å². The van der Waals surface area contributed by atoms with Gasteiger partial charge in [0.25, 0.3) is 17.1 Å². The number of carbonyl (C=O) groups is 3. The molecule has 2 aromatic carbocycles. The SMILES string of the molecule is Cc1ccc(/C=C2\SC(=O)N(CCNC(=O)c3ccc(S(=O)(=O)NC4CC4)cc3)C2=O)cc1. The quantitative estimate of drug-likeness (QED) is 0.556. The maximum Gasteiger partial charge on any atom is 0.293 e. The Kier molecular flexibility index (Phi) is 6.68. The number of benzene rings is 2. The molecule has 2 aliphatic rings. The lowest BCUT2D eigenvalue weighted by atomic mass is 10.1. The number of rotatable bonds is 8. The zero-order chi connectivity index (χ0) is 23.6. The van der Waals surface area contributed by atoms with Crippen LogP contribution in [0.4, 0.5) is 4.79 Å². The minimum absolute atomic E-state index is 0.000558. The van der Waals surface area contributed by atoms with Gasteiger partial charge in [0.1, 0.15) is 0 Å². The van der Waals surface area contributed by atoms with Crippen LogP contribution in [-0.2, 0) is 14.8 Å². The molecule has 10 heteroatoms. The molecule has 3 amide bonds. The number of sulfonamides is 1. The second-order valence-electron chi connectivity index (χ2n) is 7.92. The summed E-state index contributed by atoms with van der Waals surface area (Å²) in [6.07, 6.45) is 3.35. The molecule has 1 heterocycles. The Hall–Kier alpha value is -2.95. The van der Waals surface area contributed by atoms with Gasteiger partial charge in [-0.2, -0.15) is 0 Å². The van der Waals surface area contributed by atoms with Gasteiger partial charge in [0.2, 0.25) is 10.0 Å². The van der Waals surface area contributed by atoms with Crippen molar-refractivity contribution in [2.75, 3.05) is 13.1 Å². The minimum Gasteiger partial charge on any atom is -0.350 e. The van der Waals surface area contributed by atoms with E-state index >= 15 is 0 Å². The molecule has 0 aromatic heterocycles. The van der Waals surface area contributed by atoms with Crippen molar-refractivity contribution in [1.29, 1.82) is 0 Å². The van der Waals surface area contributed by atoms with Crippen LogP contribution in [-0.4, -0.2) is 49.5 Å². The number of nitrogens with one attached hydrogen (secondary N) is 2. The van der Waals surface area contributed by atoms with Crippen molar-refractivity contribution in [2.24, 2.45) is 0 Å². The summed E-state index contributed by atoms with van der Waals surface area (Å²) in [5.74, 6) is -0.811. The van der Waals surface area contributed by atoms with Crippen LogP contribution >= 0.6 is 11.8 Å². The summed E-state index contributed by atoms with van der Waals surface area (Å²) in [5.41, 5.74) is 2.22. The Balaban J connectivity index is 1.31. The van der Waals surface area contributed by atoms with Gasteiger partial charge in [0, 0.05) is 24.7 Å². The third-order valence-corrected chi connectivity index (χ3v) is 7.64. The summed E-state index contributed by atoms with van der Waals surface area (Å²) in [4.78, 5) is 38.8. The molecule has 4 rings (SSSR count). The predicted octanol–water partition coefficient (Wildman–Crippen LogP) is 2.90. The average Bonchev–Trinajstić information content (AvgIpc) is 3.55. The number of hydrogen-bond donors (Lipinski definition) is 2. The lowest BCUT2D eigenvalue weighted by Gasteiger charge is -2.13. The Bertz CT molecular complexity index is 1220. The summed E-state index contributed by atoms with van der Waals surface area (Å²) in [7, 11) is -3.58. The van der Waals surface area contributed by atoms with Crippen LogP contribution in [0.3, 0.4) is 0 Å². The minimum atomic E-state index is -3.58. The molecule has 1 aliphatic heterocycles. The maximum atomic E-state index is 12.6. The Labute approximate surface area is 196 Å². The molecule has 2 aromatic rings. The second kappa shape index (κ2) is 9.50. The van der Waals surface area contributed by atoms with Crippen LogP contribution in [0.5, 0.6) is 0 Å². The van der Waals surface area contributed by atoms with E-state index in [-0.39, 0.29) is 34.8 Å². The van der Waals surface area contributed by atoms with E-state index in [0.29, 0.717) is 4.91 Å². The molecule has 2 N–H and O–H groups in total. The van der Waals surface area contributed by atoms with Crippen molar-refractivity contribution in [2.45, 2.75) is 30.7 Å². The highest BCUT2D eigenvalue weighted by Gasteiger charge is 2.34. The molecule has 2 fully saturated rings.